The van der Waals surface area contributed by atoms with Crippen LogP contribution in [0.2, 0.25) is 0 Å². The van der Waals surface area contributed by atoms with E-state index in [4.69, 9.17) is 9.47 Å². The second-order valence-corrected chi connectivity index (χ2v) is 7.17. The Kier molecular flexibility index (Phi) is 4.85. The summed E-state index contributed by atoms with van der Waals surface area (Å²) in [4.78, 5) is 24.6. The van der Waals surface area contributed by atoms with Crippen LogP contribution >= 0.6 is 0 Å². The number of hydrogen-bond acceptors (Lipinski definition) is 5. The van der Waals surface area contributed by atoms with Gasteiger partial charge in [0.05, 0.1) is 42.7 Å². The minimum absolute atomic E-state index is 0.00662. The zero-order valence-electron chi connectivity index (χ0n) is 14.3. The zero-order chi connectivity index (χ0) is 19.9. The van der Waals surface area contributed by atoms with Crippen LogP contribution in [0.3, 0.4) is 0 Å². The average Bonchev–Trinajstić information content (AvgIpc) is 3.14. The maximum Gasteiger partial charge on any atom is 0.416 e. The normalized spacial score (nSPS) is 16.1. The van der Waals surface area contributed by atoms with Gasteiger partial charge >= 0.3 is 18.1 Å². The predicted octanol–water partition coefficient (Wildman–Crippen LogP) is 2.97. The summed E-state index contributed by atoms with van der Waals surface area (Å²) >= 11 is 0. The van der Waals surface area contributed by atoms with Gasteiger partial charge in [-0.05, 0) is 17.7 Å². The monoisotopic (exact) mass is 401 g/mol. The number of halogens is 3. The van der Waals surface area contributed by atoms with Gasteiger partial charge in [-0.1, -0.05) is 12.1 Å². The molecule has 1 atom stereocenters. The van der Waals surface area contributed by atoms with Crippen LogP contribution in [-0.2, 0) is 38.1 Å². The molecule has 10 heteroatoms. The second-order valence-electron chi connectivity index (χ2n) is 5.74. The number of benzene rings is 1. The maximum absolute atomic E-state index is 12.8. The summed E-state index contributed by atoms with van der Waals surface area (Å²) in [5.74, 6) is -1.61. The fraction of sp³-hybridized carbons (Fsp3) is 0.294. The molecule has 0 radical (unpaired) electrons. The van der Waals surface area contributed by atoms with Crippen molar-refractivity contribution in [1.82, 2.24) is 4.57 Å². The lowest BCUT2D eigenvalue weighted by atomic mass is 10.0. The molecular weight excluding hydrogens is 387 g/mol. The number of carbonyl (C=O) groups excluding carboxylic acids is 2. The highest BCUT2D eigenvalue weighted by molar-refractivity contribution is 7.83. The molecule has 1 aliphatic heterocycles. The van der Waals surface area contributed by atoms with Crippen molar-refractivity contribution in [1.29, 1.82) is 0 Å². The minimum atomic E-state index is -4.51. The molecule has 0 saturated carbocycles. The van der Waals surface area contributed by atoms with Crippen molar-refractivity contribution in [3.05, 3.63) is 46.6 Å². The number of rotatable bonds is 3. The third-order valence-electron chi connectivity index (χ3n) is 4.21. The van der Waals surface area contributed by atoms with E-state index in [1.807, 2.05) is 0 Å². The van der Waals surface area contributed by atoms with Crippen molar-refractivity contribution in [3.8, 4) is 11.3 Å². The summed E-state index contributed by atoms with van der Waals surface area (Å²) in [5.41, 5.74) is -0.275. The van der Waals surface area contributed by atoms with Crippen LogP contribution in [-0.4, -0.2) is 34.9 Å². The summed E-state index contributed by atoms with van der Waals surface area (Å²) in [7, 11) is 0.942. The molecule has 2 aromatic rings. The Morgan fingerprint density at radius 3 is 2.11 bits per heavy atom. The molecule has 0 spiro atoms. The summed E-state index contributed by atoms with van der Waals surface area (Å²) in [5, 5.41) is 0. The topological polar surface area (TPSA) is 74.6 Å². The SMILES string of the molecule is COC(=O)c1c(C(=O)OC)c(-c2ccc(C(F)(F)F)cc2)n2c1CS(=O)C2. The third-order valence-corrected chi connectivity index (χ3v) is 5.35. The summed E-state index contributed by atoms with van der Waals surface area (Å²) in [6.45, 7) is 0. The zero-order valence-corrected chi connectivity index (χ0v) is 15.1. The molecule has 0 N–H and O–H groups in total. The van der Waals surface area contributed by atoms with Gasteiger partial charge in [-0.25, -0.2) is 9.59 Å². The summed E-state index contributed by atoms with van der Waals surface area (Å²) in [6.07, 6.45) is -4.51. The molecule has 144 valence electrons. The van der Waals surface area contributed by atoms with Crippen LogP contribution in [0.15, 0.2) is 24.3 Å². The van der Waals surface area contributed by atoms with Gasteiger partial charge < -0.3 is 14.0 Å². The van der Waals surface area contributed by atoms with E-state index >= 15 is 0 Å². The van der Waals surface area contributed by atoms with Gasteiger partial charge in [-0.3, -0.25) is 4.21 Å². The highest BCUT2D eigenvalue weighted by atomic mass is 32.2. The van der Waals surface area contributed by atoms with Crippen molar-refractivity contribution in [2.45, 2.75) is 17.8 Å². The van der Waals surface area contributed by atoms with Crippen molar-refractivity contribution in [2.75, 3.05) is 14.2 Å². The third kappa shape index (κ3) is 3.25. The molecule has 3 rings (SSSR count). The number of hydrogen-bond donors (Lipinski definition) is 0. The number of aromatic nitrogens is 1. The minimum Gasteiger partial charge on any atom is -0.465 e. The first-order valence-electron chi connectivity index (χ1n) is 7.63. The van der Waals surface area contributed by atoms with Crippen LogP contribution in [0, 0.1) is 0 Å². The van der Waals surface area contributed by atoms with Crippen LogP contribution < -0.4 is 0 Å². The first-order valence-corrected chi connectivity index (χ1v) is 9.12. The number of fused-ring (bicyclic) bond motifs is 1. The van der Waals surface area contributed by atoms with Gasteiger partial charge in [0.25, 0.3) is 0 Å². The molecule has 0 saturated heterocycles. The van der Waals surface area contributed by atoms with Gasteiger partial charge in [0.2, 0.25) is 0 Å². The Balaban J connectivity index is 2.27. The lowest BCUT2D eigenvalue weighted by Crippen LogP contribution is -2.12. The van der Waals surface area contributed by atoms with Gasteiger partial charge in [0, 0.05) is 16.5 Å². The number of carbonyl (C=O) groups is 2. The highest BCUT2D eigenvalue weighted by Crippen LogP contribution is 2.38. The molecule has 2 heterocycles. The fourth-order valence-corrected chi connectivity index (χ4v) is 4.31. The van der Waals surface area contributed by atoms with E-state index in [1.54, 1.807) is 0 Å². The average molecular weight is 401 g/mol. The lowest BCUT2D eigenvalue weighted by molar-refractivity contribution is -0.137. The Bertz CT molecular complexity index is 947. The standard InChI is InChI=1S/C17H14F3NO5S/c1-25-15(22)12-11-7-27(24)8-21(11)14(13(12)16(23)26-2)9-3-5-10(6-4-9)17(18,19)20/h3-6H,7-8H2,1-2H3. The van der Waals surface area contributed by atoms with Crippen LogP contribution in [0.1, 0.15) is 32.0 Å². The molecule has 0 aliphatic carbocycles. The van der Waals surface area contributed by atoms with Crippen molar-refractivity contribution in [2.24, 2.45) is 0 Å². The van der Waals surface area contributed by atoms with E-state index in [0.29, 0.717) is 5.69 Å². The number of ether oxygens (including phenoxy) is 2. The van der Waals surface area contributed by atoms with E-state index in [-0.39, 0.29) is 34.0 Å². The molecular formula is C17H14F3NO5S. The molecule has 6 nitrogen and oxygen atoms in total. The van der Waals surface area contributed by atoms with E-state index in [1.165, 1.54) is 16.7 Å². The smallest absolute Gasteiger partial charge is 0.416 e. The molecule has 1 aliphatic rings. The first-order chi connectivity index (χ1) is 12.7. The van der Waals surface area contributed by atoms with Gasteiger partial charge in [0.15, 0.2) is 0 Å². The van der Waals surface area contributed by atoms with Gasteiger partial charge in [-0.2, -0.15) is 13.2 Å². The van der Waals surface area contributed by atoms with Crippen molar-refractivity contribution < 1.29 is 36.4 Å². The molecule has 27 heavy (non-hydrogen) atoms. The largest absolute Gasteiger partial charge is 0.465 e. The van der Waals surface area contributed by atoms with Crippen LogP contribution in [0.25, 0.3) is 11.3 Å². The first kappa shape index (κ1) is 19.2. The van der Waals surface area contributed by atoms with E-state index < -0.39 is 34.5 Å². The Morgan fingerprint density at radius 2 is 1.59 bits per heavy atom. The Morgan fingerprint density at radius 1 is 1.04 bits per heavy atom. The molecule has 0 amide bonds. The fourth-order valence-electron chi connectivity index (χ4n) is 3.04. The van der Waals surface area contributed by atoms with E-state index in [2.05, 4.69) is 0 Å². The summed E-state index contributed by atoms with van der Waals surface area (Å²) in [6, 6.07) is 4.14. The molecule has 1 aromatic carbocycles. The molecule has 1 aromatic heterocycles. The van der Waals surface area contributed by atoms with Crippen LogP contribution in [0.4, 0.5) is 13.2 Å². The molecule has 1 unspecified atom stereocenters. The number of methoxy groups -OCH3 is 2. The lowest BCUT2D eigenvalue weighted by Gasteiger charge is -2.11. The van der Waals surface area contributed by atoms with Crippen LogP contribution in [0.5, 0.6) is 0 Å². The van der Waals surface area contributed by atoms with Gasteiger partial charge in [0.1, 0.15) is 5.56 Å². The molecule has 0 bridgehead atoms. The Hall–Kier alpha value is -2.62. The van der Waals surface area contributed by atoms with Gasteiger partial charge in [-0.15, -0.1) is 0 Å². The number of esters is 2. The molecule has 0 fully saturated rings. The van der Waals surface area contributed by atoms with Crippen molar-refractivity contribution >= 4 is 22.7 Å². The van der Waals surface area contributed by atoms with Crippen molar-refractivity contribution in [3.63, 3.8) is 0 Å². The Labute approximate surface area is 154 Å². The summed E-state index contributed by atoms with van der Waals surface area (Å²) < 4.78 is 61.5. The number of nitrogens with zero attached hydrogens (tertiary/aromatic N) is 1. The second kappa shape index (κ2) is 6.84. The number of alkyl halides is 3. The maximum atomic E-state index is 12.8. The van der Waals surface area contributed by atoms with E-state index in [0.717, 1.165) is 26.4 Å². The quantitative estimate of drug-likeness (QED) is 0.740. The van der Waals surface area contributed by atoms with E-state index in [9.17, 15) is 27.0 Å². The predicted molar refractivity (Wildman–Crippen MR) is 89.4 cm³/mol. The highest BCUT2D eigenvalue weighted by Gasteiger charge is 2.37.